The molecule has 0 atom stereocenters. The molecule has 13 heavy (non-hydrogen) atoms. The first-order valence-electron chi connectivity index (χ1n) is 4.21. The van der Waals surface area contributed by atoms with E-state index in [0.717, 1.165) is 19.1 Å². The van der Waals surface area contributed by atoms with Crippen LogP contribution in [0.25, 0.3) is 0 Å². The minimum Gasteiger partial charge on any atom is -0.303 e. The third-order valence-corrected chi connectivity index (χ3v) is 2.86. The molecule has 0 N–H and O–H groups in total. The van der Waals surface area contributed by atoms with Crippen LogP contribution in [0.4, 0.5) is 0 Å². The van der Waals surface area contributed by atoms with Gasteiger partial charge in [0.2, 0.25) is 0 Å². The Balaban J connectivity index is 2.48. The van der Waals surface area contributed by atoms with Gasteiger partial charge in [-0.15, -0.1) is 0 Å². The average Bonchev–Trinajstić information content (AvgIpc) is 2.12. The van der Waals surface area contributed by atoms with Gasteiger partial charge >= 0.3 is 0 Å². The fourth-order valence-electron chi connectivity index (χ4n) is 1.18. The van der Waals surface area contributed by atoms with E-state index in [1.54, 1.807) is 12.2 Å². The van der Waals surface area contributed by atoms with Gasteiger partial charge in [0.25, 0.3) is 0 Å². The third kappa shape index (κ3) is 3.27. The summed E-state index contributed by atoms with van der Waals surface area (Å²) >= 11 is 3.51. The molecule has 0 saturated heterocycles. The smallest absolute Gasteiger partial charge is 0.178 e. The van der Waals surface area contributed by atoms with E-state index in [2.05, 4.69) is 15.9 Å². The minimum atomic E-state index is -0.218. The Kier molecular flexibility index (Phi) is 3.60. The lowest BCUT2D eigenvalue weighted by Crippen LogP contribution is -2.17. The number of ketones is 1. The maximum absolute atomic E-state index is 10.8. The molecule has 70 valence electrons. The van der Waals surface area contributed by atoms with Crippen molar-refractivity contribution in [3.05, 3.63) is 24.3 Å². The van der Waals surface area contributed by atoms with E-state index in [0.29, 0.717) is 6.42 Å². The van der Waals surface area contributed by atoms with E-state index in [1.807, 2.05) is 12.2 Å². The summed E-state index contributed by atoms with van der Waals surface area (Å²) < 4.78 is -0.218. The topological polar surface area (TPSA) is 34.1 Å². The molecular weight excluding hydrogens is 232 g/mol. The molecule has 3 heteroatoms. The van der Waals surface area contributed by atoms with Crippen molar-refractivity contribution in [2.75, 3.05) is 0 Å². The molecule has 0 amide bonds. The molecule has 1 rings (SSSR count). The lowest BCUT2D eigenvalue weighted by atomic mass is 9.97. The number of halogens is 1. The van der Waals surface area contributed by atoms with Crippen LogP contribution in [-0.4, -0.2) is 16.4 Å². The van der Waals surface area contributed by atoms with Crippen LogP contribution in [0.15, 0.2) is 24.3 Å². The summed E-state index contributed by atoms with van der Waals surface area (Å²) in [5, 5.41) is 0. The fraction of sp³-hybridized carbons (Fsp3) is 0.400. The van der Waals surface area contributed by atoms with Crippen molar-refractivity contribution in [2.45, 2.75) is 23.6 Å². The van der Waals surface area contributed by atoms with E-state index in [9.17, 15) is 9.59 Å². The molecule has 0 aromatic heterocycles. The zero-order chi connectivity index (χ0) is 9.73. The largest absolute Gasteiger partial charge is 0.303 e. The molecule has 0 spiro atoms. The van der Waals surface area contributed by atoms with Crippen molar-refractivity contribution < 1.29 is 9.59 Å². The minimum absolute atomic E-state index is 0.0189. The van der Waals surface area contributed by atoms with Crippen LogP contribution >= 0.6 is 15.9 Å². The SMILES string of the molecule is O=CCCCC1(Br)C=CC(=O)C=C1. The number of carbonyl (C=O) groups excluding carboxylic acids is 2. The van der Waals surface area contributed by atoms with Gasteiger partial charge in [-0.05, 0) is 25.0 Å². The molecule has 1 aliphatic rings. The molecule has 0 aromatic carbocycles. The number of rotatable bonds is 4. The number of aldehydes is 1. The van der Waals surface area contributed by atoms with Gasteiger partial charge in [0, 0.05) is 6.42 Å². The van der Waals surface area contributed by atoms with E-state index < -0.39 is 0 Å². The van der Waals surface area contributed by atoms with Gasteiger partial charge in [-0.3, -0.25) is 4.79 Å². The van der Waals surface area contributed by atoms with Gasteiger partial charge in [-0.25, -0.2) is 0 Å². The van der Waals surface area contributed by atoms with Gasteiger partial charge in [0.05, 0.1) is 4.32 Å². The van der Waals surface area contributed by atoms with Crippen LogP contribution in [0.2, 0.25) is 0 Å². The second-order valence-electron chi connectivity index (χ2n) is 3.05. The molecular formula is C10H11BrO2. The standard InChI is InChI=1S/C10H11BrO2/c11-10(5-1-2-8-12)6-3-9(13)4-7-10/h3-4,6-8H,1-2,5H2. The zero-order valence-corrected chi connectivity index (χ0v) is 8.79. The summed E-state index contributed by atoms with van der Waals surface area (Å²) in [4.78, 5) is 20.9. The Labute approximate surface area is 85.8 Å². The monoisotopic (exact) mass is 242 g/mol. The fourth-order valence-corrected chi connectivity index (χ4v) is 1.72. The van der Waals surface area contributed by atoms with Crippen molar-refractivity contribution in [3.63, 3.8) is 0 Å². The second-order valence-corrected chi connectivity index (χ2v) is 4.53. The second kappa shape index (κ2) is 4.51. The van der Waals surface area contributed by atoms with Crippen LogP contribution in [0, 0.1) is 0 Å². The molecule has 0 unspecified atom stereocenters. The Morgan fingerprint density at radius 2 is 2.00 bits per heavy atom. The van der Waals surface area contributed by atoms with Crippen molar-refractivity contribution in [3.8, 4) is 0 Å². The van der Waals surface area contributed by atoms with Gasteiger partial charge in [0.1, 0.15) is 6.29 Å². The maximum Gasteiger partial charge on any atom is 0.178 e. The number of carbonyl (C=O) groups is 2. The van der Waals surface area contributed by atoms with Crippen LogP contribution in [0.5, 0.6) is 0 Å². The first-order chi connectivity index (χ1) is 6.16. The molecule has 0 aromatic rings. The summed E-state index contributed by atoms with van der Waals surface area (Å²) in [6.07, 6.45) is 9.93. The van der Waals surface area contributed by atoms with Gasteiger partial charge < -0.3 is 4.79 Å². The molecule has 0 heterocycles. The Hall–Kier alpha value is -0.700. The molecule has 0 fully saturated rings. The highest BCUT2D eigenvalue weighted by Crippen LogP contribution is 2.30. The molecule has 0 radical (unpaired) electrons. The highest BCUT2D eigenvalue weighted by atomic mass is 79.9. The van der Waals surface area contributed by atoms with Crippen molar-refractivity contribution in [2.24, 2.45) is 0 Å². The average molecular weight is 243 g/mol. The highest BCUT2D eigenvalue weighted by Gasteiger charge is 2.21. The quantitative estimate of drug-likeness (QED) is 0.431. The zero-order valence-electron chi connectivity index (χ0n) is 7.20. The molecule has 0 saturated carbocycles. The number of alkyl halides is 1. The lowest BCUT2D eigenvalue weighted by molar-refractivity contribution is -0.110. The highest BCUT2D eigenvalue weighted by molar-refractivity contribution is 9.10. The first kappa shape index (κ1) is 10.4. The van der Waals surface area contributed by atoms with Crippen LogP contribution in [0.1, 0.15) is 19.3 Å². The van der Waals surface area contributed by atoms with Crippen LogP contribution in [0.3, 0.4) is 0 Å². The van der Waals surface area contributed by atoms with E-state index >= 15 is 0 Å². The molecule has 0 bridgehead atoms. The Bertz CT molecular complexity index is 250. The Morgan fingerprint density at radius 3 is 2.54 bits per heavy atom. The van der Waals surface area contributed by atoms with Crippen LogP contribution in [-0.2, 0) is 9.59 Å². The molecule has 0 aliphatic heterocycles. The number of unbranched alkanes of at least 4 members (excludes halogenated alkanes) is 1. The van der Waals surface area contributed by atoms with Crippen molar-refractivity contribution in [1.29, 1.82) is 0 Å². The summed E-state index contributed by atoms with van der Waals surface area (Å²) in [5.74, 6) is 0.0189. The number of allylic oxidation sites excluding steroid dienone is 4. The Morgan fingerprint density at radius 1 is 1.38 bits per heavy atom. The predicted molar refractivity (Wildman–Crippen MR) is 54.9 cm³/mol. The molecule has 1 aliphatic carbocycles. The van der Waals surface area contributed by atoms with E-state index in [-0.39, 0.29) is 10.1 Å². The first-order valence-corrected chi connectivity index (χ1v) is 5.00. The van der Waals surface area contributed by atoms with E-state index in [1.165, 1.54) is 0 Å². The van der Waals surface area contributed by atoms with Gasteiger partial charge in [0.15, 0.2) is 5.78 Å². The summed E-state index contributed by atoms with van der Waals surface area (Å²) in [7, 11) is 0. The lowest BCUT2D eigenvalue weighted by Gasteiger charge is -2.20. The van der Waals surface area contributed by atoms with E-state index in [4.69, 9.17) is 0 Å². The normalized spacial score (nSPS) is 19.0. The summed E-state index contributed by atoms with van der Waals surface area (Å²) in [6.45, 7) is 0. The van der Waals surface area contributed by atoms with Gasteiger partial charge in [-0.1, -0.05) is 28.1 Å². The molecule has 2 nitrogen and oxygen atoms in total. The maximum atomic E-state index is 10.8. The van der Waals surface area contributed by atoms with Crippen molar-refractivity contribution >= 4 is 28.0 Å². The van der Waals surface area contributed by atoms with Crippen molar-refractivity contribution in [1.82, 2.24) is 0 Å². The van der Waals surface area contributed by atoms with Gasteiger partial charge in [-0.2, -0.15) is 0 Å². The summed E-state index contributed by atoms with van der Waals surface area (Å²) in [6, 6.07) is 0. The number of hydrogen-bond donors (Lipinski definition) is 0. The van der Waals surface area contributed by atoms with Crippen LogP contribution < -0.4 is 0 Å². The summed E-state index contributed by atoms with van der Waals surface area (Å²) in [5.41, 5.74) is 0. The predicted octanol–water partition coefficient (Wildman–Crippen LogP) is 2.18. The third-order valence-electron chi connectivity index (χ3n) is 1.93. The number of hydrogen-bond acceptors (Lipinski definition) is 2.